The van der Waals surface area contributed by atoms with Crippen molar-refractivity contribution in [2.24, 2.45) is 5.92 Å². The Kier molecular flexibility index (Phi) is 3.20. The molecular formula is C20H21N3O. The van der Waals surface area contributed by atoms with Gasteiger partial charge in [0.25, 0.3) is 5.91 Å². The van der Waals surface area contributed by atoms with E-state index in [9.17, 15) is 4.79 Å². The number of carbonyl (C=O) groups excluding carboxylic acids is 1. The lowest BCUT2D eigenvalue weighted by Crippen LogP contribution is -2.57. The number of nitrogens with zero attached hydrogens (tertiary/aromatic N) is 3. The van der Waals surface area contributed by atoms with Crippen molar-refractivity contribution >= 4 is 5.91 Å². The van der Waals surface area contributed by atoms with Crippen molar-refractivity contribution in [1.29, 1.82) is 0 Å². The molecule has 0 aliphatic carbocycles. The predicted molar refractivity (Wildman–Crippen MR) is 92.5 cm³/mol. The molecule has 122 valence electrons. The Bertz CT molecular complexity index is 781. The Morgan fingerprint density at radius 1 is 1.04 bits per heavy atom. The van der Waals surface area contributed by atoms with Gasteiger partial charge in [-0.2, -0.15) is 0 Å². The molecule has 24 heavy (non-hydrogen) atoms. The first-order valence-corrected chi connectivity index (χ1v) is 8.87. The normalized spacial score (nSPS) is 28.2. The smallest absolute Gasteiger partial charge is 0.255 e. The molecule has 4 heteroatoms. The number of fused-ring (bicyclic) bond motifs is 4. The van der Waals surface area contributed by atoms with Crippen LogP contribution in [0.1, 0.15) is 28.8 Å². The fourth-order valence-electron chi connectivity index (χ4n) is 4.71. The van der Waals surface area contributed by atoms with E-state index in [2.05, 4.69) is 33.0 Å². The summed E-state index contributed by atoms with van der Waals surface area (Å²) in [6.07, 6.45) is 6.06. The number of amides is 1. The fourth-order valence-corrected chi connectivity index (χ4v) is 4.71. The van der Waals surface area contributed by atoms with Gasteiger partial charge >= 0.3 is 0 Å². The summed E-state index contributed by atoms with van der Waals surface area (Å²) in [7, 11) is 0. The van der Waals surface area contributed by atoms with Crippen molar-refractivity contribution in [2.45, 2.75) is 25.4 Å². The number of pyridine rings is 1. The van der Waals surface area contributed by atoms with Gasteiger partial charge in [0.05, 0.1) is 5.56 Å². The van der Waals surface area contributed by atoms with Gasteiger partial charge in [0.15, 0.2) is 0 Å². The maximum atomic E-state index is 13.3. The zero-order valence-corrected chi connectivity index (χ0v) is 13.7. The summed E-state index contributed by atoms with van der Waals surface area (Å²) in [4.78, 5) is 22.0. The van der Waals surface area contributed by atoms with Gasteiger partial charge in [-0.15, -0.1) is 0 Å². The molecule has 1 amide bonds. The van der Waals surface area contributed by atoms with E-state index in [0.717, 1.165) is 29.8 Å². The highest BCUT2D eigenvalue weighted by molar-refractivity contribution is 6.04. The number of aromatic nitrogens is 1. The first-order chi connectivity index (χ1) is 11.8. The van der Waals surface area contributed by atoms with Crippen LogP contribution in [0.15, 0.2) is 42.7 Å². The van der Waals surface area contributed by atoms with Crippen LogP contribution in [-0.4, -0.2) is 46.4 Å². The average molecular weight is 319 g/mol. The number of benzene rings is 1. The van der Waals surface area contributed by atoms with Crippen molar-refractivity contribution in [3.8, 4) is 11.1 Å². The van der Waals surface area contributed by atoms with Gasteiger partial charge in [-0.1, -0.05) is 18.2 Å². The van der Waals surface area contributed by atoms with E-state index in [1.165, 1.54) is 31.5 Å². The molecule has 3 fully saturated rings. The Morgan fingerprint density at radius 3 is 2.54 bits per heavy atom. The predicted octanol–water partition coefficient (Wildman–Crippen LogP) is 2.80. The van der Waals surface area contributed by atoms with Crippen LogP contribution in [0.2, 0.25) is 0 Å². The molecule has 4 aliphatic heterocycles. The summed E-state index contributed by atoms with van der Waals surface area (Å²) >= 11 is 0. The second-order valence-electron chi connectivity index (χ2n) is 7.21. The maximum absolute atomic E-state index is 13.3. The van der Waals surface area contributed by atoms with E-state index in [4.69, 9.17) is 0 Å². The molecule has 0 spiro atoms. The van der Waals surface area contributed by atoms with Crippen molar-refractivity contribution in [3.05, 3.63) is 53.9 Å². The standard InChI is InChI=1S/C20H21N3O/c24-20-19-16(2-1-3-17(19)14-4-8-21-9-5-14)12-23(20)18-13-22-10-6-15(18)7-11-22/h1-5,8-9,15,18H,6-7,10-13H2. The molecule has 2 bridgehead atoms. The minimum atomic E-state index is 0.219. The van der Waals surface area contributed by atoms with Crippen molar-refractivity contribution < 1.29 is 4.79 Å². The molecule has 1 unspecified atom stereocenters. The van der Waals surface area contributed by atoms with Crippen LogP contribution in [0, 0.1) is 5.92 Å². The van der Waals surface area contributed by atoms with Crippen LogP contribution in [0.4, 0.5) is 0 Å². The molecule has 2 aromatic rings. The lowest BCUT2D eigenvalue weighted by atomic mass is 9.83. The number of piperidine rings is 3. The van der Waals surface area contributed by atoms with Gasteiger partial charge in [0.2, 0.25) is 0 Å². The van der Waals surface area contributed by atoms with Gasteiger partial charge < -0.3 is 9.80 Å². The highest BCUT2D eigenvalue weighted by Gasteiger charge is 2.42. The Balaban J connectivity index is 1.52. The molecule has 6 rings (SSSR count). The monoisotopic (exact) mass is 319 g/mol. The Hall–Kier alpha value is -2.20. The first-order valence-electron chi connectivity index (χ1n) is 8.87. The Morgan fingerprint density at radius 2 is 1.83 bits per heavy atom. The fraction of sp³-hybridized carbons (Fsp3) is 0.400. The molecule has 1 aromatic heterocycles. The third-order valence-electron chi connectivity index (χ3n) is 5.98. The second kappa shape index (κ2) is 5.42. The van der Waals surface area contributed by atoms with Crippen LogP contribution >= 0.6 is 0 Å². The highest BCUT2D eigenvalue weighted by atomic mass is 16.2. The highest BCUT2D eigenvalue weighted by Crippen LogP contribution is 2.38. The maximum Gasteiger partial charge on any atom is 0.255 e. The van der Waals surface area contributed by atoms with Gasteiger partial charge in [-0.25, -0.2) is 0 Å². The van der Waals surface area contributed by atoms with Crippen LogP contribution in [0.3, 0.4) is 0 Å². The number of rotatable bonds is 2. The Labute approximate surface area is 142 Å². The third-order valence-corrected chi connectivity index (χ3v) is 5.98. The first kappa shape index (κ1) is 14.2. The largest absolute Gasteiger partial charge is 0.330 e. The number of carbonyl (C=O) groups is 1. The molecule has 4 nitrogen and oxygen atoms in total. The lowest BCUT2D eigenvalue weighted by Gasteiger charge is -2.48. The topological polar surface area (TPSA) is 36.4 Å². The summed E-state index contributed by atoms with van der Waals surface area (Å²) in [5, 5.41) is 0. The molecule has 0 radical (unpaired) electrons. The average Bonchev–Trinajstić information content (AvgIpc) is 3.00. The van der Waals surface area contributed by atoms with E-state index in [1.807, 2.05) is 12.1 Å². The van der Waals surface area contributed by atoms with E-state index >= 15 is 0 Å². The summed E-state index contributed by atoms with van der Waals surface area (Å²) in [5.74, 6) is 0.897. The van der Waals surface area contributed by atoms with E-state index < -0.39 is 0 Å². The zero-order chi connectivity index (χ0) is 16.1. The summed E-state index contributed by atoms with van der Waals surface area (Å²) < 4.78 is 0. The van der Waals surface area contributed by atoms with Gasteiger partial charge in [0.1, 0.15) is 0 Å². The molecule has 3 saturated heterocycles. The van der Waals surface area contributed by atoms with E-state index in [-0.39, 0.29) is 5.91 Å². The lowest BCUT2D eigenvalue weighted by molar-refractivity contribution is 0.00848. The van der Waals surface area contributed by atoms with E-state index in [0.29, 0.717) is 12.0 Å². The van der Waals surface area contributed by atoms with Crippen molar-refractivity contribution in [2.75, 3.05) is 19.6 Å². The quantitative estimate of drug-likeness (QED) is 0.854. The van der Waals surface area contributed by atoms with Crippen LogP contribution in [0.5, 0.6) is 0 Å². The molecule has 5 heterocycles. The number of hydrogen-bond donors (Lipinski definition) is 0. The van der Waals surface area contributed by atoms with Gasteiger partial charge in [-0.3, -0.25) is 9.78 Å². The summed E-state index contributed by atoms with van der Waals surface area (Å²) in [6, 6.07) is 10.6. The van der Waals surface area contributed by atoms with Crippen LogP contribution < -0.4 is 0 Å². The van der Waals surface area contributed by atoms with Crippen LogP contribution in [0.25, 0.3) is 11.1 Å². The molecule has 1 aromatic carbocycles. The van der Waals surface area contributed by atoms with E-state index in [1.54, 1.807) is 12.4 Å². The molecule has 4 aliphatic rings. The van der Waals surface area contributed by atoms with Crippen LogP contribution in [-0.2, 0) is 6.54 Å². The van der Waals surface area contributed by atoms with Crippen molar-refractivity contribution in [3.63, 3.8) is 0 Å². The SMILES string of the molecule is O=C1c2c(cccc2-c2ccncc2)CN1C1CN2CCC1CC2. The molecule has 0 saturated carbocycles. The minimum absolute atomic E-state index is 0.219. The minimum Gasteiger partial charge on any atom is -0.330 e. The molecule has 0 N–H and O–H groups in total. The summed E-state index contributed by atoms with van der Waals surface area (Å²) in [6.45, 7) is 4.23. The zero-order valence-electron chi connectivity index (χ0n) is 13.7. The third kappa shape index (κ3) is 2.09. The summed E-state index contributed by atoms with van der Waals surface area (Å²) in [5.41, 5.74) is 4.19. The second-order valence-corrected chi connectivity index (χ2v) is 7.21. The van der Waals surface area contributed by atoms with Gasteiger partial charge in [0, 0.05) is 31.5 Å². The van der Waals surface area contributed by atoms with Gasteiger partial charge in [-0.05, 0) is 60.7 Å². The molecular weight excluding hydrogens is 298 g/mol. The number of hydrogen-bond acceptors (Lipinski definition) is 3. The molecule has 1 atom stereocenters. The van der Waals surface area contributed by atoms with Crippen molar-refractivity contribution in [1.82, 2.24) is 14.8 Å².